The molecule has 0 saturated carbocycles. The first kappa shape index (κ1) is 20.5. The molecule has 0 bridgehead atoms. The second kappa shape index (κ2) is 9.29. The first-order valence-corrected chi connectivity index (χ1v) is 9.63. The van der Waals surface area contributed by atoms with E-state index in [9.17, 15) is 9.59 Å². The van der Waals surface area contributed by atoms with Crippen molar-refractivity contribution in [1.29, 1.82) is 0 Å². The normalized spacial score (nSPS) is 16.4. The van der Waals surface area contributed by atoms with Gasteiger partial charge in [0.1, 0.15) is 0 Å². The monoisotopic (exact) mass is 411 g/mol. The molecule has 7 nitrogen and oxygen atoms in total. The van der Waals surface area contributed by atoms with Crippen LogP contribution in [-0.2, 0) is 9.59 Å². The van der Waals surface area contributed by atoms with Gasteiger partial charge in [0.05, 0.1) is 12.0 Å². The Labute approximate surface area is 173 Å². The lowest BCUT2D eigenvalue weighted by Crippen LogP contribution is -2.23. The van der Waals surface area contributed by atoms with Crippen molar-refractivity contribution >= 4 is 40.5 Å². The van der Waals surface area contributed by atoms with Gasteiger partial charge in [-0.05, 0) is 47.7 Å². The lowest BCUT2D eigenvalue weighted by Gasteiger charge is -2.11. The first-order chi connectivity index (χ1) is 14.0. The Morgan fingerprint density at radius 3 is 2.62 bits per heavy atom. The van der Waals surface area contributed by atoms with Gasteiger partial charge in [-0.25, -0.2) is 0 Å². The molecule has 0 atom stereocenters. The van der Waals surface area contributed by atoms with E-state index in [4.69, 9.17) is 9.47 Å². The Balaban J connectivity index is 1.68. The summed E-state index contributed by atoms with van der Waals surface area (Å²) >= 11 is 1.32. The van der Waals surface area contributed by atoms with Crippen molar-refractivity contribution in [3.05, 3.63) is 59.0 Å². The maximum Gasteiger partial charge on any atom is 0.266 e. The molecular weight excluding hydrogens is 390 g/mol. The first-order valence-electron chi connectivity index (χ1n) is 8.82. The summed E-state index contributed by atoms with van der Waals surface area (Å²) in [6.07, 6.45) is 1.77. The number of anilines is 1. The lowest BCUT2D eigenvalue weighted by atomic mass is 10.2. The van der Waals surface area contributed by atoms with E-state index in [2.05, 4.69) is 10.3 Å². The van der Waals surface area contributed by atoms with Crippen molar-refractivity contribution in [1.82, 2.24) is 4.90 Å². The maximum atomic E-state index is 12.3. The number of amides is 2. The van der Waals surface area contributed by atoms with E-state index in [0.29, 0.717) is 27.3 Å². The summed E-state index contributed by atoms with van der Waals surface area (Å²) in [6.45, 7) is -0.152. The molecular formula is C21H21N3O4S. The SMILES string of the molecule is CN=C1S/C(=C\c2ccc(OCC(=O)Nc3ccccc3)c(OC)c2)C(=O)N1C. The Bertz CT molecular complexity index is 973. The van der Waals surface area contributed by atoms with Gasteiger partial charge < -0.3 is 14.8 Å². The van der Waals surface area contributed by atoms with Crippen molar-refractivity contribution in [3.8, 4) is 11.5 Å². The number of aliphatic imine (C=N–C) groups is 1. The summed E-state index contributed by atoms with van der Waals surface area (Å²) in [6, 6.07) is 14.4. The molecule has 2 aromatic carbocycles. The van der Waals surface area contributed by atoms with Crippen LogP contribution in [-0.4, -0.2) is 49.7 Å². The van der Waals surface area contributed by atoms with Crippen LogP contribution in [0.2, 0.25) is 0 Å². The smallest absolute Gasteiger partial charge is 0.266 e. The van der Waals surface area contributed by atoms with Gasteiger partial charge in [-0.3, -0.25) is 19.5 Å². The zero-order chi connectivity index (χ0) is 20.8. The van der Waals surface area contributed by atoms with Crippen LogP contribution in [0, 0.1) is 0 Å². The minimum atomic E-state index is -0.271. The number of methoxy groups -OCH3 is 1. The molecule has 0 aromatic heterocycles. The van der Waals surface area contributed by atoms with Crippen molar-refractivity contribution in [2.75, 3.05) is 33.1 Å². The van der Waals surface area contributed by atoms with Gasteiger partial charge in [0.2, 0.25) is 0 Å². The van der Waals surface area contributed by atoms with Crippen molar-refractivity contribution in [3.63, 3.8) is 0 Å². The average Bonchev–Trinajstić information content (AvgIpc) is 3.01. The molecule has 1 saturated heterocycles. The number of hydrogen-bond donors (Lipinski definition) is 1. The van der Waals surface area contributed by atoms with Crippen LogP contribution in [0.4, 0.5) is 5.69 Å². The van der Waals surface area contributed by atoms with Gasteiger partial charge in [-0.15, -0.1) is 0 Å². The van der Waals surface area contributed by atoms with Crippen LogP contribution >= 0.6 is 11.8 Å². The number of hydrogen-bond acceptors (Lipinski definition) is 6. The fourth-order valence-corrected chi connectivity index (χ4v) is 3.58. The number of thioether (sulfide) groups is 1. The van der Waals surface area contributed by atoms with Crippen LogP contribution in [0.15, 0.2) is 58.4 Å². The molecule has 2 aromatic rings. The lowest BCUT2D eigenvalue weighted by molar-refractivity contribution is -0.121. The Kier molecular flexibility index (Phi) is 6.56. The third kappa shape index (κ3) is 4.97. The van der Waals surface area contributed by atoms with Crippen LogP contribution in [0.1, 0.15) is 5.56 Å². The zero-order valence-corrected chi connectivity index (χ0v) is 17.2. The summed E-state index contributed by atoms with van der Waals surface area (Å²) in [7, 11) is 4.86. The standard InChI is InChI=1S/C21H21N3O4S/c1-22-21-24(2)20(26)18(29-21)12-14-9-10-16(17(11-14)27-3)28-13-19(25)23-15-7-5-4-6-8-15/h4-12H,13H2,1-3H3,(H,23,25)/b18-12-,22-21?. The molecule has 29 heavy (non-hydrogen) atoms. The molecule has 8 heteroatoms. The van der Waals surface area contributed by atoms with E-state index in [1.807, 2.05) is 18.2 Å². The summed E-state index contributed by atoms with van der Waals surface area (Å²) in [5.74, 6) is 0.538. The van der Waals surface area contributed by atoms with Gasteiger partial charge in [-0.1, -0.05) is 24.3 Å². The summed E-state index contributed by atoms with van der Waals surface area (Å²) < 4.78 is 11.0. The largest absolute Gasteiger partial charge is 0.493 e. The minimum Gasteiger partial charge on any atom is -0.493 e. The summed E-state index contributed by atoms with van der Waals surface area (Å²) in [4.78, 5) is 30.5. The molecule has 0 aliphatic carbocycles. The third-order valence-corrected chi connectivity index (χ3v) is 5.25. The summed E-state index contributed by atoms with van der Waals surface area (Å²) in [5, 5.41) is 3.41. The van der Waals surface area contributed by atoms with Gasteiger partial charge in [0.25, 0.3) is 11.8 Å². The Hall–Kier alpha value is -3.26. The van der Waals surface area contributed by atoms with Gasteiger partial charge in [0, 0.05) is 19.8 Å². The number of amidine groups is 1. The highest BCUT2D eigenvalue weighted by Gasteiger charge is 2.29. The average molecular weight is 411 g/mol. The number of likely N-dealkylation sites (N-methyl/N-ethyl adjacent to an activating group) is 1. The number of ether oxygens (including phenoxy) is 2. The molecule has 1 N–H and O–H groups in total. The van der Waals surface area contributed by atoms with E-state index >= 15 is 0 Å². The van der Waals surface area contributed by atoms with Gasteiger partial charge in [-0.2, -0.15) is 0 Å². The highest BCUT2D eigenvalue weighted by Crippen LogP contribution is 2.34. The zero-order valence-electron chi connectivity index (χ0n) is 16.3. The third-order valence-electron chi connectivity index (χ3n) is 4.10. The van der Waals surface area contributed by atoms with Crippen molar-refractivity contribution in [2.45, 2.75) is 0 Å². The van der Waals surface area contributed by atoms with E-state index in [1.165, 1.54) is 23.8 Å². The molecule has 0 radical (unpaired) electrons. The molecule has 0 spiro atoms. The highest BCUT2D eigenvalue weighted by molar-refractivity contribution is 8.18. The van der Waals surface area contributed by atoms with Crippen LogP contribution < -0.4 is 14.8 Å². The van der Waals surface area contributed by atoms with Gasteiger partial charge in [0.15, 0.2) is 23.3 Å². The number of nitrogens with zero attached hydrogens (tertiary/aromatic N) is 2. The molecule has 1 aliphatic rings. The quantitative estimate of drug-likeness (QED) is 0.738. The predicted octanol–water partition coefficient (Wildman–Crippen LogP) is 3.24. The number of carbonyl (C=O) groups is 2. The van der Waals surface area contributed by atoms with E-state index in [1.54, 1.807) is 50.5 Å². The number of para-hydroxylation sites is 1. The van der Waals surface area contributed by atoms with Crippen LogP contribution in [0.25, 0.3) is 6.08 Å². The molecule has 0 unspecified atom stereocenters. The molecule has 150 valence electrons. The fourth-order valence-electron chi connectivity index (χ4n) is 2.66. The Morgan fingerprint density at radius 2 is 1.97 bits per heavy atom. The second-order valence-electron chi connectivity index (χ2n) is 6.09. The molecule has 2 amide bonds. The van der Waals surface area contributed by atoms with E-state index in [0.717, 1.165) is 5.56 Å². The summed E-state index contributed by atoms with van der Waals surface area (Å²) in [5.41, 5.74) is 1.48. The number of rotatable bonds is 6. The Morgan fingerprint density at radius 1 is 1.21 bits per heavy atom. The highest BCUT2D eigenvalue weighted by atomic mass is 32.2. The van der Waals surface area contributed by atoms with Gasteiger partial charge >= 0.3 is 0 Å². The predicted molar refractivity (Wildman–Crippen MR) is 115 cm³/mol. The maximum absolute atomic E-state index is 12.3. The molecule has 3 rings (SSSR count). The van der Waals surface area contributed by atoms with Crippen molar-refractivity contribution in [2.24, 2.45) is 4.99 Å². The van der Waals surface area contributed by atoms with Crippen molar-refractivity contribution < 1.29 is 19.1 Å². The van der Waals surface area contributed by atoms with E-state index < -0.39 is 0 Å². The van der Waals surface area contributed by atoms with E-state index in [-0.39, 0.29) is 18.4 Å². The number of carbonyl (C=O) groups excluding carboxylic acids is 2. The fraction of sp³-hybridized carbons (Fsp3) is 0.190. The minimum absolute atomic E-state index is 0.104. The van der Waals surface area contributed by atoms with Crippen LogP contribution in [0.5, 0.6) is 11.5 Å². The van der Waals surface area contributed by atoms with Crippen LogP contribution in [0.3, 0.4) is 0 Å². The molecule has 1 heterocycles. The molecule has 1 fully saturated rings. The number of nitrogens with one attached hydrogen (secondary N) is 1. The second-order valence-corrected chi connectivity index (χ2v) is 7.10. The topological polar surface area (TPSA) is 80.2 Å². The molecule has 1 aliphatic heterocycles. The number of benzene rings is 2.